The van der Waals surface area contributed by atoms with Crippen molar-refractivity contribution < 1.29 is 9.53 Å². The minimum absolute atomic E-state index is 0.0263. The Balaban J connectivity index is 1.93. The van der Waals surface area contributed by atoms with Gasteiger partial charge in [0.25, 0.3) is 0 Å². The van der Waals surface area contributed by atoms with Crippen molar-refractivity contribution in [2.45, 2.75) is 77.2 Å². The zero-order chi connectivity index (χ0) is 10.9. The van der Waals surface area contributed by atoms with Gasteiger partial charge in [0, 0.05) is 6.42 Å². The number of hydrogen-bond acceptors (Lipinski definition) is 2. The highest BCUT2D eigenvalue weighted by molar-refractivity contribution is 5.69. The van der Waals surface area contributed by atoms with Crippen LogP contribution in [-0.2, 0) is 9.53 Å². The third-order valence-corrected chi connectivity index (χ3v) is 3.08. The van der Waals surface area contributed by atoms with E-state index in [0.29, 0.717) is 6.42 Å². The SMILES string of the molecule is CCCCCCCC(=O)OC1CCCC1. The normalized spacial score (nSPS) is 16.9. The summed E-state index contributed by atoms with van der Waals surface area (Å²) in [6.45, 7) is 2.20. The summed E-state index contributed by atoms with van der Waals surface area (Å²) in [5.74, 6) is 0.0263. The zero-order valence-electron chi connectivity index (χ0n) is 9.96. The third-order valence-electron chi connectivity index (χ3n) is 3.08. The highest BCUT2D eigenvalue weighted by Crippen LogP contribution is 2.21. The molecule has 0 aromatic carbocycles. The fraction of sp³-hybridized carbons (Fsp3) is 0.923. The molecule has 1 rings (SSSR count). The lowest BCUT2D eigenvalue weighted by Gasteiger charge is -2.10. The van der Waals surface area contributed by atoms with Gasteiger partial charge in [0.2, 0.25) is 0 Å². The van der Waals surface area contributed by atoms with Gasteiger partial charge >= 0.3 is 5.97 Å². The number of carbonyl (C=O) groups is 1. The summed E-state index contributed by atoms with van der Waals surface area (Å²) in [4.78, 5) is 11.4. The van der Waals surface area contributed by atoms with E-state index in [-0.39, 0.29) is 12.1 Å². The predicted octanol–water partition coefficient (Wildman–Crippen LogP) is 3.83. The van der Waals surface area contributed by atoms with Crippen LogP contribution in [0.5, 0.6) is 0 Å². The van der Waals surface area contributed by atoms with Crippen LogP contribution >= 0.6 is 0 Å². The first-order valence-electron chi connectivity index (χ1n) is 6.52. The second kappa shape index (κ2) is 7.72. The van der Waals surface area contributed by atoms with Gasteiger partial charge in [-0.25, -0.2) is 0 Å². The van der Waals surface area contributed by atoms with E-state index in [1.54, 1.807) is 0 Å². The van der Waals surface area contributed by atoms with E-state index >= 15 is 0 Å². The Labute approximate surface area is 93.4 Å². The van der Waals surface area contributed by atoms with E-state index in [1.165, 1.54) is 38.5 Å². The van der Waals surface area contributed by atoms with Crippen LogP contribution in [0.3, 0.4) is 0 Å². The summed E-state index contributed by atoms with van der Waals surface area (Å²) in [6.07, 6.45) is 11.5. The molecule has 2 heteroatoms. The minimum Gasteiger partial charge on any atom is -0.462 e. The molecule has 0 atom stereocenters. The lowest BCUT2D eigenvalue weighted by atomic mass is 10.1. The predicted molar refractivity (Wildman–Crippen MR) is 61.7 cm³/mol. The Kier molecular flexibility index (Phi) is 6.45. The van der Waals surface area contributed by atoms with E-state index in [0.717, 1.165) is 19.3 Å². The van der Waals surface area contributed by atoms with Crippen molar-refractivity contribution in [1.29, 1.82) is 0 Å². The van der Waals surface area contributed by atoms with Crippen molar-refractivity contribution >= 4 is 5.97 Å². The second-order valence-corrected chi connectivity index (χ2v) is 4.56. The van der Waals surface area contributed by atoms with Crippen LogP contribution in [0, 0.1) is 0 Å². The number of rotatable bonds is 7. The van der Waals surface area contributed by atoms with Crippen molar-refractivity contribution in [3.63, 3.8) is 0 Å². The smallest absolute Gasteiger partial charge is 0.306 e. The first-order valence-corrected chi connectivity index (χ1v) is 6.52. The molecule has 88 valence electrons. The Morgan fingerprint density at radius 3 is 2.47 bits per heavy atom. The average molecular weight is 212 g/mol. The van der Waals surface area contributed by atoms with Crippen LogP contribution in [0.15, 0.2) is 0 Å². The summed E-state index contributed by atoms with van der Waals surface area (Å²) in [5, 5.41) is 0. The van der Waals surface area contributed by atoms with Crippen LogP contribution in [0.1, 0.15) is 71.1 Å². The number of unbranched alkanes of at least 4 members (excludes halogenated alkanes) is 4. The van der Waals surface area contributed by atoms with Crippen LogP contribution in [0.25, 0.3) is 0 Å². The molecule has 1 saturated carbocycles. The number of hydrogen-bond donors (Lipinski definition) is 0. The van der Waals surface area contributed by atoms with Gasteiger partial charge in [0.15, 0.2) is 0 Å². The Morgan fingerprint density at radius 1 is 1.13 bits per heavy atom. The molecule has 0 heterocycles. The van der Waals surface area contributed by atoms with Crippen molar-refractivity contribution in [3.8, 4) is 0 Å². The first-order chi connectivity index (χ1) is 7.33. The molecule has 0 radical (unpaired) electrons. The molecule has 2 nitrogen and oxygen atoms in total. The van der Waals surface area contributed by atoms with Crippen molar-refractivity contribution in [1.82, 2.24) is 0 Å². The number of esters is 1. The molecule has 1 aliphatic carbocycles. The van der Waals surface area contributed by atoms with E-state index in [9.17, 15) is 4.79 Å². The van der Waals surface area contributed by atoms with E-state index in [2.05, 4.69) is 6.92 Å². The van der Waals surface area contributed by atoms with Crippen LogP contribution in [0.2, 0.25) is 0 Å². The summed E-state index contributed by atoms with van der Waals surface area (Å²) >= 11 is 0. The molecule has 0 spiro atoms. The Hall–Kier alpha value is -0.530. The van der Waals surface area contributed by atoms with Crippen molar-refractivity contribution in [3.05, 3.63) is 0 Å². The fourth-order valence-corrected chi connectivity index (χ4v) is 2.12. The zero-order valence-corrected chi connectivity index (χ0v) is 9.96. The van der Waals surface area contributed by atoms with E-state index < -0.39 is 0 Å². The third kappa shape index (κ3) is 5.81. The maximum atomic E-state index is 11.4. The van der Waals surface area contributed by atoms with Gasteiger partial charge in [-0.15, -0.1) is 0 Å². The Bertz CT molecular complexity index is 171. The summed E-state index contributed by atoms with van der Waals surface area (Å²) in [5.41, 5.74) is 0. The molecule has 0 aliphatic heterocycles. The molecule has 0 saturated heterocycles. The molecular formula is C13H24O2. The van der Waals surface area contributed by atoms with Gasteiger partial charge < -0.3 is 4.74 Å². The quantitative estimate of drug-likeness (QED) is 0.473. The monoisotopic (exact) mass is 212 g/mol. The van der Waals surface area contributed by atoms with Gasteiger partial charge in [0.05, 0.1) is 0 Å². The molecule has 0 bridgehead atoms. The Morgan fingerprint density at radius 2 is 1.80 bits per heavy atom. The molecule has 1 aliphatic rings. The molecule has 0 amide bonds. The second-order valence-electron chi connectivity index (χ2n) is 4.56. The largest absolute Gasteiger partial charge is 0.462 e. The van der Waals surface area contributed by atoms with Gasteiger partial charge in [0.1, 0.15) is 6.10 Å². The van der Waals surface area contributed by atoms with Crippen LogP contribution in [0.4, 0.5) is 0 Å². The van der Waals surface area contributed by atoms with E-state index in [4.69, 9.17) is 4.74 Å². The van der Waals surface area contributed by atoms with Gasteiger partial charge in [-0.2, -0.15) is 0 Å². The maximum Gasteiger partial charge on any atom is 0.306 e. The molecule has 0 aromatic heterocycles. The highest BCUT2D eigenvalue weighted by atomic mass is 16.5. The maximum absolute atomic E-state index is 11.4. The molecule has 0 N–H and O–H groups in total. The summed E-state index contributed by atoms with van der Waals surface area (Å²) < 4.78 is 5.38. The average Bonchev–Trinajstić information content (AvgIpc) is 2.70. The number of carbonyl (C=O) groups excluding carboxylic acids is 1. The minimum atomic E-state index is 0.0263. The van der Waals surface area contributed by atoms with E-state index in [1.807, 2.05) is 0 Å². The lowest BCUT2D eigenvalue weighted by Crippen LogP contribution is -2.14. The van der Waals surface area contributed by atoms with Crippen molar-refractivity contribution in [2.75, 3.05) is 0 Å². The first kappa shape index (κ1) is 12.5. The topological polar surface area (TPSA) is 26.3 Å². The fourth-order valence-electron chi connectivity index (χ4n) is 2.12. The number of ether oxygens (including phenoxy) is 1. The van der Waals surface area contributed by atoms with Crippen LogP contribution in [-0.4, -0.2) is 12.1 Å². The summed E-state index contributed by atoms with van der Waals surface area (Å²) in [7, 11) is 0. The van der Waals surface area contributed by atoms with Crippen molar-refractivity contribution in [2.24, 2.45) is 0 Å². The molecule has 0 unspecified atom stereocenters. The standard InChI is InChI=1S/C13H24O2/c1-2-3-4-5-6-11-13(14)15-12-9-7-8-10-12/h12H,2-11H2,1H3. The lowest BCUT2D eigenvalue weighted by molar-refractivity contribution is -0.148. The van der Waals surface area contributed by atoms with Gasteiger partial charge in [-0.05, 0) is 32.1 Å². The summed E-state index contributed by atoms with van der Waals surface area (Å²) in [6, 6.07) is 0. The molecule has 1 fully saturated rings. The molecule has 0 aromatic rings. The highest BCUT2D eigenvalue weighted by Gasteiger charge is 2.18. The molecular weight excluding hydrogens is 188 g/mol. The van der Waals surface area contributed by atoms with Gasteiger partial charge in [-0.1, -0.05) is 32.6 Å². The van der Waals surface area contributed by atoms with Gasteiger partial charge in [-0.3, -0.25) is 4.79 Å². The molecule has 15 heavy (non-hydrogen) atoms. The van der Waals surface area contributed by atoms with Crippen LogP contribution < -0.4 is 0 Å².